The van der Waals surface area contributed by atoms with E-state index in [1.807, 2.05) is 18.3 Å². The second-order valence-electron chi connectivity index (χ2n) is 6.68. The van der Waals surface area contributed by atoms with Crippen molar-refractivity contribution in [2.75, 3.05) is 20.2 Å². The lowest BCUT2D eigenvalue weighted by Crippen LogP contribution is -2.54. The summed E-state index contributed by atoms with van der Waals surface area (Å²) in [6.45, 7) is 1.91. The number of carbonyl (C=O) groups is 1. The van der Waals surface area contributed by atoms with E-state index in [0.29, 0.717) is 18.0 Å². The third-order valence-electron chi connectivity index (χ3n) is 4.76. The van der Waals surface area contributed by atoms with Crippen molar-refractivity contribution < 1.29 is 14.6 Å². The molecule has 0 aliphatic heterocycles. The summed E-state index contributed by atoms with van der Waals surface area (Å²) in [7, 11) is 1.61. The van der Waals surface area contributed by atoms with Crippen LogP contribution in [-0.4, -0.2) is 53.2 Å². The number of aromatic nitrogens is 1. The van der Waals surface area contributed by atoms with E-state index in [-0.39, 0.29) is 6.54 Å². The molecule has 0 aromatic carbocycles. The molecule has 2 N–H and O–H groups in total. The van der Waals surface area contributed by atoms with Crippen LogP contribution in [0, 0.1) is 5.92 Å². The number of carboxylic acids is 1. The molecule has 0 radical (unpaired) electrons. The summed E-state index contributed by atoms with van der Waals surface area (Å²) in [5, 5.41) is 12.6. The number of carboxylic acid groups (broad SMARTS) is 1. The van der Waals surface area contributed by atoms with Gasteiger partial charge in [0.15, 0.2) is 0 Å². The van der Waals surface area contributed by atoms with Crippen molar-refractivity contribution in [1.82, 2.24) is 15.2 Å². The second-order valence-corrected chi connectivity index (χ2v) is 6.68. The van der Waals surface area contributed by atoms with E-state index in [1.165, 1.54) is 12.8 Å². The lowest BCUT2D eigenvalue weighted by atomic mass is 9.85. The monoisotopic (exact) mass is 319 g/mol. The fraction of sp³-hybridized carbons (Fsp3) is 0.647. The third-order valence-corrected chi connectivity index (χ3v) is 4.76. The maximum Gasteiger partial charge on any atom is 0.317 e. The predicted molar refractivity (Wildman–Crippen MR) is 86.4 cm³/mol. The normalized spacial score (nSPS) is 23.6. The maximum atomic E-state index is 11.0. The van der Waals surface area contributed by atoms with Crippen molar-refractivity contribution in [1.29, 1.82) is 0 Å². The number of aliphatic carboxylic acids is 1. The summed E-state index contributed by atoms with van der Waals surface area (Å²) in [5.41, 5.74) is 1.13. The lowest BCUT2D eigenvalue weighted by Gasteiger charge is -2.43. The zero-order chi connectivity index (χ0) is 16.2. The Bertz CT molecular complexity index is 524. The first-order valence-electron chi connectivity index (χ1n) is 8.32. The minimum Gasteiger partial charge on any atom is -0.481 e. The lowest BCUT2D eigenvalue weighted by molar-refractivity contribution is -0.139. The minimum absolute atomic E-state index is 0.177. The van der Waals surface area contributed by atoms with Crippen molar-refractivity contribution in [3.05, 3.63) is 23.9 Å². The Balaban J connectivity index is 1.41. The summed E-state index contributed by atoms with van der Waals surface area (Å²) >= 11 is 0. The number of nitrogens with one attached hydrogen (secondary N) is 1. The fourth-order valence-electron chi connectivity index (χ4n) is 3.10. The molecule has 6 heteroatoms. The van der Waals surface area contributed by atoms with E-state index in [9.17, 15) is 4.79 Å². The smallest absolute Gasteiger partial charge is 0.317 e. The first kappa shape index (κ1) is 16.2. The largest absolute Gasteiger partial charge is 0.481 e. The Morgan fingerprint density at radius 3 is 2.78 bits per heavy atom. The molecule has 2 aliphatic carbocycles. The van der Waals surface area contributed by atoms with E-state index in [4.69, 9.17) is 9.84 Å². The molecule has 0 bridgehead atoms. The van der Waals surface area contributed by atoms with Crippen molar-refractivity contribution in [2.24, 2.45) is 5.92 Å². The maximum absolute atomic E-state index is 11.0. The Labute approximate surface area is 136 Å². The molecule has 0 atom stereocenters. The van der Waals surface area contributed by atoms with Crippen molar-refractivity contribution in [3.63, 3.8) is 0 Å². The Hall–Kier alpha value is -1.66. The SMILES string of the molecule is COc1ccc(CNC2CC(N(CC(=O)O)CC3CC3)C2)cn1. The predicted octanol–water partition coefficient (Wildman–Crippen LogP) is 1.51. The molecule has 3 rings (SSSR count). The zero-order valence-electron chi connectivity index (χ0n) is 13.6. The van der Waals surface area contributed by atoms with Gasteiger partial charge in [-0.15, -0.1) is 0 Å². The van der Waals surface area contributed by atoms with Gasteiger partial charge in [0.05, 0.1) is 13.7 Å². The van der Waals surface area contributed by atoms with Crippen LogP contribution in [-0.2, 0) is 11.3 Å². The van der Waals surface area contributed by atoms with Gasteiger partial charge in [-0.2, -0.15) is 0 Å². The van der Waals surface area contributed by atoms with Crippen LogP contribution in [0.2, 0.25) is 0 Å². The van der Waals surface area contributed by atoms with Crippen LogP contribution in [0.1, 0.15) is 31.2 Å². The van der Waals surface area contributed by atoms with E-state index < -0.39 is 5.97 Å². The van der Waals surface area contributed by atoms with Gasteiger partial charge in [0, 0.05) is 37.4 Å². The van der Waals surface area contributed by atoms with Gasteiger partial charge in [-0.25, -0.2) is 4.98 Å². The molecule has 0 amide bonds. The fourth-order valence-corrected chi connectivity index (χ4v) is 3.10. The molecular weight excluding hydrogens is 294 g/mol. The Kier molecular flexibility index (Phi) is 5.13. The van der Waals surface area contributed by atoms with Crippen LogP contribution in [0.5, 0.6) is 5.88 Å². The molecular formula is C17H25N3O3. The van der Waals surface area contributed by atoms with Gasteiger partial charge in [0.1, 0.15) is 0 Å². The summed E-state index contributed by atoms with van der Waals surface area (Å²) in [5.74, 6) is 0.639. The highest BCUT2D eigenvalue weighted by Gasteiger charge is 2.36. The molecule has 1 aromatic heterocycles. The van der Waals surface area contributed by atoms with Crippen LogP contribution in [0.15, 0.2) is 18.3 Å². The van der Waals surface area contributed by atoms with Crippen LogP contribution in [0.3, 0.4) is 0 Å². The number of nitrogens with zero attached hydrogens (tertiary/aromatic N) is 2. The molecule has 0 spiro atoms. The van der Waals surface area contributed by atoms with E-state index in [2.05, 4.69) is 15.2 Å². The standard InChI is InChI=1S/C17H25N3O3/c1-23-16-5-4-13(9-19-16)8-18-14-6-15(7-14)20(11-17(21)22)10-12-2-3-12/h4-5,9,12,14-15,18H,2-3,6-8,10-11H2,1H3,(H,21,22). The van der Waals surface area contributed by atoms with Gasteiger partial charge in [-0.1, -0.05) is 6.07 Å². The number of hydrogen-bond acceptors (Lipinski definition) is 5. The van der Waals surface area contributed by atoms with Gasteiger partial charge in [0.25, 0.3) is 0 Å². The quantitative estimate of drug-likeness (QED) is 0.719. The first-order valence-corrected chi connectivity index (χ1v) is 8.32. The number of hydrogen-bond donors (Lipinski definition) is 2. The van der Waals surface area contributed by atoms with E-state index in [0.717, 1.165) is 37.4 Å². The van der Waals surface area contributed by atoms with Crippen molar-refractivity contribution in [2.45, 2.75) is 44.3 Å². The summed E-state index contributed by atoms with van der Waals surface area (Å²) in [6.07, 6.45) is 6.41. The molecule has 2 saturated carbocycles. The molecule has 6 nitrogen and oxygen atoms in total. The van der Waals surface area contributed by atoms with E-state index in [1.54, 1.807) is 7.11 Å². The zero-order valence-corrected chi connectivity index (χ0v) is 13.6. The van der Waals surface area contributed by atoms with Gasteiger partial charge >= 0.3 is 5.97 Å². The molecule has 23 heavy (non-hydrogen) atoms. The van der Waals surface area contributed by atoms with Crippen LogP contribution in [0.25, 0.3) is 0 Å². The number of ether oxygens (including phenoxy) is 1. The molecule has 2 fully saturated rings. The average molecular weight is 319 g/mol. The third kappa shape index (κ3) is 4.65. The topological polar surface area (TPSA) is 74.7 Å². The summed E-state index contributed by atoms with van der Waals surface area (Å²) in [4.78, 5) is 17.4. The number of rotatable bonds is 9. The minimum atomic E-state index is -0.716. The van der Waals surface area contributed by atoms with Crippen molar-refractivity contribution >= 4 is 5.97 Å². The van der Waals surface area contributed by atoms with Gasteiger partial charge < -0.3 is 15.2 Å². The summed E-state index contributed by atoms with van der Waals surface area (Å²) < 4.78 is 5.05. The Morgan fingerprint density at radius 2 is 2.22 bits per heavy atom. The molecule has 1 heterocycles. The van der Waals surface area contributed by atoms with Crippen molar-refractivity contribution in [3.8, 4) is 5.88 Å². The van der Waals surface area contributed by atoms with Gasteiger partial charge in [-0.05, 0) is 37.2 Å². The summed E-state index contributed by atoms with van der Waals surface area (Å²) in [6, 6.07) is 4.76. The molecule has 2 aliphatic rings. The first-order chi connectivity index (χ1) is 11.1. The second kappa shape index (κ2) is 7.27. The Morgan fingerprint density at radius 1 is 1.43 bits per heavy atom. The molecule has 0 unspecified atom stereocenters. The highest BCUT2D eigenvalue weighted by Crippen LogP contribution is 2.33. The number of methoxy groups -OCH3 is 1. The molecule has 0 saturated heterocycles. The highest BCUT2D eigenvalue weighted by molar-refractivity contribution is 5.69. The molecule has 126 valence electrons. The number of pyridine rings is 1. The van der Waals surface area contributed by atoms with Crippen LogP contribution >= 0.6 is 0 Å². The van der Waals surface area contributed by atoms with Crippen LogP contribution < -0.4 is 10.1 Å². The average Bonchev–Trinajstić information content (AvgIpc) is 3.29. The van der Waals surface area contributed by atoms with Gasteiger partial charge in [-0.3, -0.25) is 9.69 Å². The highest BCUT2D eigenvalue weighted by atomic mass is 16.5. The van der Waals surface area contributed by atoms with Gasteiger partial charge in [0.2, 0.25) is 5.88 Å². The van der Waals surface area contributed by atoms with Crippen LogP contribution in [0.4, 0.5) is 0 Å². The molecule has 1 aromatic rings. The van der Waals surface area contributed by atoms with E-state index >= 15 is 0 Å².